The van der Waals surface area contributed by atoms with Crippen molar-refractivity contribution in [3.05, 3.63) is 157 Å². The van der Waals surface area contributed by atoms with E-state index >= 15 is 0 Å². The third-order valence-corrected chi connectivity index (χ3v) is 12.9. The molecule has 0 rings (SSSR count). The Kier molecular flexibility index (Phi) is 43.9. The topological polar surface area (TPSA) is 362 Å². The van der Waals surface area contributed by atoms with Crippen LogP contribution in [0, 0.1) is 17.8 Å². The van der Waals surface area contributed by atoms with Crippen LogP contribution in [0.1, 0.15) is 118 Å². The molecule has 0 aliphatic heterocycles. The number of unbranched alkanes of at least 4 members (excludes halogenated alkanes) is 1. The lowest BCUT2D eigenvalue weighted by Crippen LogP contribution is -2.32. The number of carbonyl (C=O) groups excluding carboxylic acids is 1. The van der Waals surface area contributed by atoms with E-state index in [9.17, 15) is 70.9 Å². The van der Waals surface area contributed by atoms with Crippen LogP contribution in [0.3, 0.4) is 0 Å². The van der Waals surface area contributed by atoms with E-state index in [0.717, 1.165) is 12.8 Å². The molecule has 0 aromatic rings. The van der Waals surface area contributed by atoms with Gasteiger partial charge < -0.3 is 77.9 Å². The highest BCUT2D eigenvalue weighted by molar-refractivity contribution is 5.86. The molecule has 0 saturated carbocycles. The zero-order valence-corrected chi connectivity index (χ0v) is 47.9. The van der Waals surface area contributed by atoms with Crippen molar-refractivity contribution in [1.29, 1.82) is 0 Å². The summed E-state index contributed by atoms with van der Waals surface area (Å²) in [6.45, 7) is 7.19. The fraction of sp³-hybridized carbons (Fsp3) is 0.540. The number of aliphatic hydroxyl groups is 12. The molecule has 0 aromatic heterocycles. The van der Waals surface area contributed by atoms with Gasteiger partial charge in [-0.25, -0.2) is 4.79 Å². The maximum atomic E-state index is 12.8. The van der Waals surface area contributed by atoms with Gasteiger partial charge >= 0.3 is 5.97 Å². The van der Waals surface area contributed by atoms with Gasteiger partial charge in [0, 0.05) is 55.6 Å². The van der Waals surface area contributed by atoms with Crippen LogP contribution in [0.5, 0.6) is 0 Å². The van der Waals surface area contributed by atoms with Crippen molar-refractivity contribution in [3.63, 3.8) is 0 Å². The lowest BCUT2D eigenvalue weighted by Gasteiger charge is -2.25. The summed E-state index contributed by atoms with van der Waals surface area (Å²) in [6, 6.07) is 0. The highest BCUT2D eigenvalue weighted by Crippen LogP contribution is 2.20. The van der Waals surface area contributed by atoms with Gasteiger partial charge in [-0.15, -0.1) is 0 Å². The van der Waals surface area contributed by atoms with Gasteiger partial charge in [0.25, 0.3) is 0 Å². The molecule has 0 amide bonds. The number of allylic oxidation sites excluding steroid dienone is 16. The summed E-state index contributed by atoms with van der Waals surface area (Å²) < 4.78 is 0. The van der Waals surface area contributed by atoms with Crippen LogP contribution in [0.15, 0.2) is 162 Å². The Hall–Kier alpha value is -5.45. The molecule has 0 aliphatic carbocycles. The average molecular weight is 1140 g/mol. The lowest BCUT2D eigenvalue weighted by molar-refractivity contribution is -0.132. The molecule has 0 saturated heterocycles. The second-order valence-corrected chi connectivity index (χ2v) is 20.5. The van der Waals surface area contributed by atoms with Crippen LogP contribution in [0.2, 0.25) is 0 Å². The number of aliphatic imine (C=N–C) groups is 1. The van der Waals surface area contributed by atoms with Crippen molar-refractivity contribution >= 4 is 17.7 Å². The molecule has 15 atom stereocenters. The monoisotopic (exact) mass is 1140 g/mol. The summed E-state index contributed by atoms with van der Waals surface area (Å²) in [6.07, 6.45) is 34.1. The Labute approximate surface area is 481 Å². The zero-order valence-electron chi connectivity index (χ0n) is 47.9. The van der Waals surface area contributed by atoms with Crippen molar-refractivity contribution in [2.24, 2.45) is 34.2 Å². The van der Waals surface area contributed by atoms with Gasteiger partial charge in [-0.1, -0.05) is 173 Å². The number of carboxylic acids is 1. The van der Waals surface area contributed by atoms with Crippen LogP contribution in [-0.2, 0) is 9.59 Å². The lowest BCUT2D eigenvalue weighted by atomic mass is 9.88. The third kappa shape index (κ3) is 43.0. The van der Waals surface area contributed by atoms with E-state index < -0.39 is 85.1 Å². The predicted molar refractivity (Wildman–Crippen MR) is 321 cm³/mol. The standard InChI is InChI=1S/C63H99N3O15/c1-45(27-19-15-11-10-12-16-20-28-46(2)62(80)81)61(79)48(4)59(77)37-22-18-14-9-7-5-6-8-13-17-21-36-58(76)47(3)60(78)44-57(75)43-54(72)34-25-33-53(71)42-56(74)41-52(70)32-24-31-50(68)39-49(67)29-23-30-51(69)40-55(73)35-26-38-66-63(64)65/h5-10,12-14,16-25,27-29,32,34,37,45,47-59,61,67-77,79H,11,15,26,30-31,33,35-36,38-44H2,1-4H3,(H,80,81)(H4,64,65,66)/b6-5-,9-7+,12-10+,13-8+,18-14+,20-16+,21-17+,27-19+,29-23+,32-24+,34-25+,37-22+,46-28+/t45-,47-,48-,49+,50+,51-,52-,53-,54+,55+,56+,57+,58-,59+,61-/m0/s1. The number of hydrogen-bond acceptors (Lipinski definition) is 15. The van der Waals surface area contributed by atoms with Gasteiger partial charge in [0.05, 0.1) is 73.2 Å². The molecule has 0 fully saturated rings. The number of aliphatic carboxylic acids is 1. The summed E-state index contributed by atoms with van der Waals surface area (Å²) in [5.74, 6) is -2.64. The van der Waals surface area contributed by atoms with Gasteiger partial charge in [-0.2, -0.15) is 0 Å². The average Bonchev–Trinajstić information content (AvgIpc) is 3.39. The van der Waals surface area contributed by atoms with Crippen LogP contribution in [0.4, 0.5) is 0 Å². The van der Waals surface area contributed by atoms with Crippen LogP contribution >= 0.6 is 0 Å². The number of ketones is 1. The highest BCUT2D eigenvalue weighted by atomic mass is 16.4. The Morgan fingerprint density at radius 2 is 0.938 bits per heavy atom. The van der Waals surface area contributed by atoms with Crippen molar-refractivity contribution in [2.75, 3.05) is 6.54 Å². The van der Waals surface area contributed by atoms with E-state index in [4.69, 9.17) is 16.6 Å². The summed E-state index contributed by atoms with van der Waals surface area (Å²) in [4.78, 5) is 27.4. The first-order valence-corrected chi connectivity index (χ1v) is 28.1. The summed E-state index contributed by atoms with van der Waals surface area (Å²) >= 11 is 0. The first-order valence-electron chi connectivity index (χ1n) is 28.1. The molecule has 456 valence electrons. The minimum absolute atomic E-state index is 0.00371. The van der Waals surface area contributed by atoms with E-state index in [-0.39, 0.29) is 93.4 Å². The molecule has 81 heavy (non-hydrogen) atoms. The van der Waals surface area contributed by atoms with Crippen LogP contribution in [0.25, 0.3) is 0 Å². The number of Topliss-reactive ketones (excluding diaryl/α,β-unsaturated/α-hetero) is 1. The minimum Gasteiger partial charge on any atom is -0.478 e. The minimum atomic E-state index is -1.17. The third-order valence-electron chi connectivity index (χ3n) is 12.9. The number of hydrogen-bond donors (Lipinski definition) is 15. The van der Waals surface area contributed by atoms with Crippen LogP contribution in [-0.4, -0.2) is 164 Å². The number of guanidine groups is 1. The smallest absolute Gasteiger partial charge is 0.331 e. The van der Waals surface area contributed by atoms with E-state index in [1.807, 2.05) is 55.5 Å². The number of carboxylic acid groups (broad SMARTS) is 1. The molecular weight excluding hydrogens is 1040 g/mol. The van der Waals surface area contributed by atoms with E-state index in [1.54, 1.807) is 80.7 Å². The van der Waals surface area contributed by atoms with Gasteiger partial charge in [0.2, 0.25) is 0 Å². The van der Waals surface area contributed by atoms with E-state index in [2.05, 4.69) is 4.99 Å². The maximum Gasteiger partial charge on any atom is 0.331 e. The highest BCUT2D eigenvalue weighted by Gasteiger charge is 2.25. The Morgan fingerprint density at radius 3 is 1.48 bits per heavy atom. The summed E-state index contributed by atoms with van der Waals surface area (Å²) in [5, 5.41) is 133. The number of nitrogens with zero attached hydrogens (tertiary/aromatic N) is 1. The molecule has 0 radical (unpaired) electrons. The van der Waals surface area contributed by atoms with Gasteiger partial charge in [0.15, 0.2) is 5.96 Å². The molecule has 0 bridgehead atoms. The normalized spacial score (nSPS) is 19.1. The van der Waals surface area contributed by atoms with Gasteiger partial charge in [0.1, 0.15) is 5.78 Å². The Bertz CT molecular complexity index is 2140. The fourth-order valence-electron chi connectivity index (χ4n) is 7.81. The summed E-state index contributed by atoms with van der Waals surface area (Å²) in [5.41, 5.74) is 10.8. The van der Waals surface area contributed by atoms with E-state index in [1.165, 1.54) is 43.4 Å². The molecule has 18 heteroatoms. The molecule has 17 N–H and O–H groups in total. The van der Waals surface area contributed by atoms with Gasteiger partial charge in [-0.05, 0) is 71.1 Å². The van der Waals surface area contributed by atoms with Gasteiger partial charge in [-0.3, -0.25) is 9.79 Å². The Morgan fingerprint density at radius 1 is 0.481 bits per heavy atom. The van der Waals surface area contributed by atoms with Crippen LogP contribution < -0.4 is 11.5 Å². The maximum absolute atomic E-state index is 12.8. The second kappa shape index (κ2) is 47.1. The fourth-order valence-corrected chi connectivity index (χ4v) is 7.81. The SMILES string of the molecule is C\C(=C/C=C/C=C/CC/C=C/[C@H](C)[C@H](O)[C@@H](C)[C@H](O)/C=C/C=C/C=C/C=C\C=C\C=C\C[C@H](O)[C@H](C)C(=O)C[C@H](O)C[C@H](O)/C=C/C[C@H](O)C[C@H](O)C[C@@H](O)/C=C/C[C@@H](O)C[C@H](O)/C=C/C[C@H](O)C[C@H](O)CCCN=C(N)N)C(=O)O. The quantitative estimate of drug-likeness (QED) is 0.00926. The molecule has 0 aliphatic rings. The molecule has 0 spiro atoms. The van der Waals surface area contributed by atoms with Crippen molar-refractivity contribution < 1.29 is 76.0 Å². The molecule has 0 heterocycles. The number of rotatable bonds is 45. The predicted octanol–water partition coefficient (Wildman–Crippen LogP) is 5.23. The molecule has 0 unspecified atom stereocenters. The first-order chi connectivity index (χ1) is 38.4. The Balaban J connectivity index is 4.48. The molecule has 0 aromatic carbocycles. The molecule has 18 nitrogen and oxygen atoms in total. The first kappa shape index (κ1) is 75.5. The number of carbonyl (C=O) groups is 2. The molecular formula is C63H99N3O15. The van der Waals surface area contributed by atoms with Crippen molar-refractivity contribution in [1.82, 2.24) is 0 Å². The summed E-state index contributed by atoms with van der Waals surface area (Å²) in [7, 11) is 0. The largest absolute Gasteiger partial charge is 0.478 e. The number of aliphatic hydroxyl groups excluding tert-OH is 12. The second-order valence-electron chi connectivity index (χ2n) is 20.5. The van der Waals surface area contributed by atoms with Crippen molar-refractivity contribution in [2.45, 2.75) is 191 Å². The van der Waals surface area contributed by atoms with Crippen molar-refractivity contribution in [3.8, 4) is 0 Å². The zero-order chi connectivity index (χ0) is 61.0. The number of nitrogens with two attached hydrogens (primary N) is 2. The van der Waals surface area contributed by atoms with E-state index in [0.29, 0.717) is 19.4 Å².